The zero-order chi connectivity index (χ0) is 22.1. The van der Waals surface area contributed by atoms with Crippen LogP contribution < -0.4 is 25.4 Å². The summed E-state index contributed by atoms with van der Waals surface area (Å²) in [4.78, 5) is 18.8. The molecule has 0 spiro atoms. The first-order valence-corrected chi connectivity index (χ1v) is 10.4. The van der Waals surface area contributed by atoms with Crippen molar-refractivity contribution in [1.29, 1.82) is 0 Å². The second kappa shape index (κ2) is 13.1. The van der Waals surface area contributed by atoms with E-state index in [1.165, 1.54) is 0 Å². The van der Waals surface area contributed by atoms with Crippen LogP contribution >= 0.6 is 24.0 Å². The van der Waals surface area contributed by atoms with Crippen LogP contribution in [0, 0.1) is 0 Å². The van der Waals surface area contributed by atoms with Crippen molar-refractivity contribution in [2.45, 2.75) is 19.0 Å². The van der Waals surface area contributed by atoms with Crippen molar-refractivity contribution in [3.8, 4) is 11.5 Å². The minimum atomic E-state index is -0.117. The number of ether oxygens (including phenoxy) is 2. The van der Waals surface area contributed by atoms with Gasteiger partial charge in [0.25, 0.3) is 0 Å². The second-order valence-corrected chi connectivity index (χ2v) is 7.43. The van der Waals surface area contributed by atoms with Gasteiger partial charge in [0.2, 0.25) is 5.91 Å². The van der Waals surface area contributed by atoms with Crippen LogP contribution in [-0.2, 0) is 11.3 Å². The fourth-order valence-electron chi connectivity index (χ4n) is 3.59. The number of anilines is 1. The van der Waals surface area contributed by atoms with Crippen molar-refractivity contribution in [3.63, 3.8) is 0 Å². The molecule has 2 aromatic rings. The van der Waals surface area contributed by atoms with Gasteiger partial charge in [0.15, 0.2) is 5.96 Å². The van der Waals surface area contributed by atoms with Crippen molar-refractivity contribution < 1.29 is 14.3 Å². The van der Waals surface area contributed by atoms with Crippen LogP contribution in [0.5, 0.6) is 11.5 Å². The topological polar surface area (TPSA) is 87.2 Å². The number of para-hydroxylation sites is 1. The Bertz CT molecular complexity index is 872. The standard InChI is InChI=1S/C23H31N5O3.HI/c1-24-23(25-14-22(29)26-18-7-5-4-6-8-18)27-19-9-10-28(16-19)15-17-11-20(30-2)13-21(12-17)31-3;/h4-8,11-13,19H,9-10,14-16H2,1-3H3,(H,26,29)(H2,24,25,27);1H. The number of benzene rings is 2. The molecule has 1 unspecified atom stereocenters. The molecule has 0 radical (unpaired) electrons. The molecule has 1 aliphatic rings. The van der Waals surface area contributed by atoms with Gasteiger partial charge in [-0.1, -0.05) is 18.2 Å². The maximum absolute atomic E-state index is 12.1. The van der Waals surface area contributed by atoms with E-state index in [4.69, 9.17) is 9.47 Å². The van der Waals surface area contributed by atoms with E-state index in [1.54, 1.807) is 21.3 Å². The van der Waals surface area contributed by atoms with Crippen LogP contribution in [0.25, 0.3) is 0 Å². The third kappa shape index (κ3) is 7.86. The highest BCUT2D eigenvalue weighted by atomic mass is 127. The monoisotopic (exact) mass is 553 g/mol. The maximum Gasteiger partial charge on any atom is 0.243 e. The number of rotatable bonds is 8. The predicted molar refractivity (Wildman–Crippen MR) is 138 cm³/mol. The number of methoxy groups -OCH3 is 2. The molecule has 0 bridgehead atoms. The van der Waals surface area contributed by atoms with Crippen molar-refractivity contribution in [2.24, 2.45) is 4.99 Å². The lowest BCUT2D eigenvalue weighted by atomic mass is 10.2. The van der Waals surface area contributed by atoms with Crippen LogP contribution in [0.3, 0.4) is 0 Å². The van der Waals surface area contributed by atoms with Crippen LogP contribution in [0.1, 0.15) is 12.0 Å². The highest BCUT2D eigenvalue weighted by molar-refractivity contribution is 14.0. The number of amides is 1. The number of halogens is 1. The molecule has 32 heavy (non-hydrogen) atoms. The lowest BCUT2D eigenvalue weighted by Crippen LogP contribution is -2.46. The third-order valence-electron chi connectivity index (χ3n) is 5.13. The molecule has 2 aromatic carbocycles. The van der Waals surface area contributed by atoms with E-state index in [9.17, 15) is 4.79 Å². The molecule has 1 fully saturated rings. The summed E-state index contributed by atoms with van der Waals surface area (Å²) in [6.45, 7) is 2.82. The van der Waals surface area contributed by atoms with Gasteiger partial charge >= 0.3 is 0 Å². The van der Waals surface area contributed by atoms with Gasteiger partial charge in [0.1, 0.15) is 11.5 Å². The minimum Gasteiger partial charge on any atom is -0.497 e. The quantitative estimate of drug-likeness (QED) is 0.265. The minimum absolute atomic E-state index is 0. The number of aliphatic imine (C=N–C) groups is 1. The lowest BCUT2D eigenvalue weighted by molar-refractivity contribution is -0.115. The van der Waals surface area contributed by atoms with Gasteiger partial charge < -0.3 is 25.4 Å². The molecule has 0 aromatic heterocycles. The Labute approximate surface area is 206 Å². The molecule has 3 rings (SSSR count). The fourth-order valence-corrected chi connectivity index (χ4v) is 3.59. The Kier molecular flexibility index (Phi) is 10.5. The van der Waals surface area contributed by atoms with E-state index in [0.717, 1.165) is 48.8 Å². The van der Waals surface area contributed by atoms with E-state index >= 15 is 0 Å². The lowest BCUT2D eigenvalue weighted by Gasteiger charge is -2.19. The molecule has 0 saturated carbocycles. The summed E-state index contributed by atoms with van der Waals surface area (Å²) in [5.41, 5.74) is 1.93. The number of nitrogens with zero attached hydrogens (tertiary/aromatic N) is 2. The Balaban J connectivity index is 0.00000363. The Morgan fingerprint density at radius 3 is 2.44 bits per heavy atom. The van der Waals surface area contributed by atoms with E-state index in [0.29, 0.717) is 5.96 Å². The fraction of sp³-hybridized carbons (Fsp3) is 0.391. The van der Waals surface area contributed by atoms with Gasteiger partial charge in [-0.2, -0.15) is 0 Å². The Hall–Kier alpha value is -2.53. The smallest absolute Gasteiger partial charge is 0.243 e. The molecule has 174 valence electrons. The van der Waals surface area contributed by atoms with Gasteiger partial charge in [-0.3, -0.25) is 14.7 Å². The Morgan fingerprint density at radius 2 is 1.81 bits per heavy atom. The highest BCUT2D eigenvalue weighted by Gasteiger charge is 2.23. The zero-order valence-corrected chi connectivity index (χ0v) is 21.1. The number of hydrogen-bond donors (Lipinski definition) is 3. The number of guanidine groups is 1. The summed E-state index contributed by atoms with van der Waals surface area (Å²) in [6, 6.07) is 15.6. The van der Waals surface area contributed by atoms with Gasteiger partial charge in [-0.05, 0) is 36.2 Å². The van der Waals surface area contributed by atoms with Gasteiger partial charge in [0, 0.05) is 44.5 Å². The summed E-state index contributed by atoms with van der Waals surface area (Å²) in [7, 11) is 5.03. The molecular weight excluding hydrogens is 521 g/mol. The first-order chi connectivity index (χ1) is 15.1. The summed E-state index contributed by atoms with van der Waals surface area (Å²) >= 11 is 0. The van der Waals surface area contributed by atoms with Crippen molar-refractivity contribution >= 4 is 41.5 Å². The van der Waals surface area contributed by atoms with Crippen molar-refractivity contribution in [3.05, 3.63) is 54.1 Å². The average Bonchev–Trinajstić information content (AvgIpc) is 3.23. The molecule has 3 N–H and O–H groups in total. The van der Waals surface area contributed by atoms with Crippen molar-refractivity contribution in [2.75, 3.05) is 46.2 Å². The van der Waals surface area contributed by atoms with Crippen LogP contribution in [0.4, 0.5) is 5.69 Å². The normalized spacial score (nSPS) is 16.1. The molecule has 0 aliphatic carbocycles. The number of carbonyl (C=O) groups excluding carboxylic acids is 1. The van der Waals surface area contributed by atoms with Gasteiger partial charge in [-0.25, -0.2) is 0 Å². The third-order valence-corrected chi connectivity index (χ3v) is 5.13. The second-order valence-electron chi connectivity index (χ2n) is 7.43. The molecule has 1 heterocycles. The molecule has 1 amide bonds. The summed E-state index contributed by atoms with van der Waals surface area (Å²) < 4.78 is 10.7. The first kappa shape index (κ1) is 25.7. The van der Waals surface area contributed by atoms with E-state index in [-0.39, 0.29) is 42.5 Å². The number of carbonyl (C=O) groups is 1. The van der Waals surface area contributed by atoms with Crippen LogP contribution in [0.15, 0.2) is 53.5 Å². The average molecular weight is 553 g/mol. The van der Waals surface area contributed by atoms with E-state index in [1.807, 2.05) is 48.5 Å². The van der Waals surface area contributed by atoms with E-state index in [2.05, 4.69) is 25.8 Å². The van der Waals surface area contributed by atoms with E-state index < -0.39 is 0 Å². The van der Waals surface area contributed by atoms with Gasteiger partial charge in [0.05, 0.1) is 20.8 Å². The highest BCUT2D eigenvalue weighted by Crippen LogP contribution is 2.24. The molecule has 9 heteroatoms. The summed E-state index contributed by atoms with van der Waals surface area (Å²) in [6.07, 6.45) is 0.998. The SMILES string of the molecule is CN=C(NCC(=O)Nc1ccccc1)NC1CCN(Cc2cc(OC)cc(OC)c2)C1.I. The molecule has 1 atom stereocenters. The predicted octanol–water partition coefficient (Wildman–Crippen LogP) is 2.70. The number of hydrogen-bond acceptors (Lipinski definition) is 5. The van der Waals surface area contributed by atoms with Crippen LogP contribution in [-0.4, -0.2) is 63.7 Å². The summed E-state index contributed by atoms with van der Waals surface area (Å²) in [5.74, 6) is 2.09. The number of nitrogens with one attached hydrogen (secondary N) is 3. The molecule has 1 saturated heterocycles. The van der Waals surface area contributed by atoms with Crippen molar-refractivity contribution in [1.82, 2.24) is 15.5 Å². The molecule has 8 nitrogen and oxygen atoms in total. The first-order valence-electron chi connectivity index (χ1n) is 10.4. The number of likely N-dealkylation sites (tertiary alicyclic amines) is 1. The van der Waals surface area contributed by atoms with Gasteiger partial charge in [-0.15, -0.1) is 24.0 Å². The zero-order valence-electron chi connectivity index (χ0n) is 18.8. The maximum atomic E-state index is 12.1. The Morgan fingerprint density at radius 1 is 1.12 bits per heavy atom. The largest absolute Gasteiger partial charge is 0.497 e. The van der Waals surface area contributed by atoms with Crippen LogP contribution in [0.2, 0.25) is 0 Å². The summed E-state index contributed by atoms with van der Waals surface area (Å²) in [5, 5.41) is 9.35. The molecule has 1 aliphatic heterocycles. The molecular formula is C23H32IN5O3.